The second-order valence-electron chi connectivity index (χ2n) is 5.26. The van der Waals surface area contributed by atoms with Crippen LogP contribution in [0, 0.1) is 12.8 Å². The van der Waals surface area contributed by atoms with E-state index in [1.54, 1.807) is 13.0 Å². The molecule has 0 amide bonds. The van der Waals surface area contributed by atoms with Crippen LogP contribution in [0.2, 0.25) is 0 Å². The van der Waals surface area contributed by atoms with Crippen molar-refractivity contribution < 1.29 is 15.0 Å². The summed E-state index contributed by atoms with van der Waals surface area (Å²) in [4.78, 5) is 13.3. The highest BCUT2D eigenvalue weighted by Crippen LogP contribution is 2.30. The number of nitrogen functional groups attached to an aromatic ring is 1. The van der Waals surface area contributed by atoms with E-state index in [9.17, 15) is 9.90 Å². The van der Waals surface area contributed by atoms with Crippen molar-refractivity contribution in [3.8, 4) is 0 Å². The molecule has 1 fully saturated rings. The molecule has 0 bridgehead atoms. The van der Waals surface area contributed by atoms with Gasteiger partial charge >= 0.3 is 5.97 Å². The molecule has 0 radical (unpaired) electrons. The first kappa shape index (κ1) is 13.7. The molecule has 5 heteroatoms. The van der Waals surface area contributed by atoms with E-state index >= 15 is 0 Å². The van der Waals surface area contributed by atoms with Crippen molar-refractivity contribution in [3.63, 3.8) is 0 Å². The van der Waals surface area contributed by atoms with Crippen molar-refractivity contribution in [2.24, 2.45) is 5.92 Å². The number of aliphatic hydroxyl groups excluding tert-OH is 1. The van der Waals surface area contributed by atoms with Gasteiger partial charge in [0.2, 0.25) is 0 Å². The number of nitrogens with zero attached hydrogens (tertiary/aromatic N) is 1. The van der Waals surface area contributed by atoms with E-state index in [0.717, 1.165) is 30.8 Å². The van der Waals surface area contributed by atoms with Crippen LogP contribution in [0.4, 0.5) is 11.4 Å². The second kappa shape index (κ2) is 5.09. The summed E-state index contributed by atoms with van der Waals surface area (Å²) in [6.45, 7) is 5.19. The lowest BCUT2D eigenvalue weighted by Crippen LogP contribution is -2.24. The third-order valence-electron chi connectivity index (χ3n) is 3.87. The van der Waals surface area contributed by atoms with Crippen molar-refractivity contribution in [2.45, 2.75) is 26.4 Å². The Morgan fingerprint density at radius 2 is 2.21 bits per heavy atom. The molecule has 104 valence electrons. The predicted molar refractivity (Wildman–Crippen MR) is 74.6 cm³/mol. The Morgan fingerprint density at radius 3 is 2.74 bits per heavy atom. The number of aromatic carboxylic acids is 1. The highest BCUT2D eigenvalue weighted by atomic mass is 16.4. The Bertz CT molecular complexity index is 500. The number of aliphatic hydroxyl groups is 1. The number of carboxylic acid groups (broad SMARTS) is 1. The van der Waals surface area contributed by atoms with E-state index in [1.807, 2.05) is 13.0 Å². The molecular formula is C14H20N2O3. The van der Waals surface area contributed by atoms with E-state index in [4.69, 9.17) is 10.8 Å². The van der Waals surface area contributed by atoms with Crippen molar-refractivity contribution in [3.05, 3.63) is 23.3 Å². The van der Waals surface area contributed by atoms with E-state index in [2.05, 4.69) is 4.90 Å². The second-order valence-corrected chi connectivity index (χ2v) is 5.26. The van der Waals surface area contributed by atoms with E-state index in [-0.39, 0.29) is 17.6 Å². The number of hydrogen-bond donors (Lipinski definition) is 3. The van der Waals surface area contributed by atoms with Gasteiger partial charge in [-0.25, -0.2) is 4.79 Å². The molecule has 2 unspecified atom stereocenters. The van der Waals surface area contributed by atoms with Gasteiger partial charge in [-0.3, -0.25) is 0 Å². The molecule has 19 heavy (non-hydrogen) atoms. The first-order valence-corrected chi connectivity index (χ1v) is 6.46. The smallest absolute Gasteiger partial charge is 0.337 e. The monoisotopic (exact) mass is 264 g/mol. The fraction of sp³-hybridized carbons (Fsp3) is 0.500. The maximum atomic E-state index is 11.2. The number of aryl methyl sites for hydroxylation is 1. The molecule has 2 atom stereocenters. The Kier molecular flexibility index (Phi) is 3.66. The van der Waals surface area contributed by atoms with E-state index in [1.165, 1.54) is 0 Å². The molecule has 4 N–H and O–H groups in total. The van der Waals surface area contributed by atoms with Gasteiger partial charge in [-0.1, -0.05) is 0 Å². The maximum absolute atomic E-state index is 11.2. The minimum Gasteiger partial charge on any atom is -0.478 e. The van der Waals surface area contributed by atoms with Crippen molar-refractivity contribution >= 4 is 17.3 Å². The van der Waals surface area contributed by atoms with Crippen LogP contribution in [-0.4, -0.2) is 35.4 Å². The first-order valence-electron chi connectivity index (χ1n) is 6.46. The summed E-state index contributed by atoms with van der Waals surface area (Å²) in [5.41, 5.74) is 7.90. The van der Waals surface area contributed by atoms with Gasteiger partial charge < -0.3 is 20.8 Å². The average molecular weight is 264 g/mol. The number of nitrogens with two attached hydrogens (primary N) is 1. The fourth-order valence-corrected chi connectivity index (χ4v) is 2.55. The highest BCUT2D eigenvalue weighted by molar-refractivity contribution is 5.95. The molecule has 2 rings (SSSR count). The molecule has 1 heterocycles. The molecule has 0 aromatic heterocycles. The summed E-state index contributed by atoms with van der Waals surface area (Å²) < 4.78 is 0. The Balaban J connectivity index is 2.29. The molecule has 0 spiro atoms. The number of benzene rings is 1. The van der Waals surface area contributed by atoms with Crippen LogP contribution in [0.1, 0.15) is 29.3 Å². The van der Waals surface area contributed by atoms with Crippen LogP contribution in [0.25, 0.3) is 0 Å². The van der Waals surface area contributed by atoms with Crippen LogP contribution in [0.3, 0.4) is 0 Å². The summed E-state index contributed by atoms with van der Waals surface area (Å²) in [5.74, 6) is -0.764. The minimum atomic E-state index is -1.01. The topological polar surface area (TPSA) is 86.8 Å². The fourth-order valence-electron chi connectivity index (χ4n) is 2.55. The standard InChI is InChI=1S/C14H20N2O3/c1-8-5-11(6-12(13(8)15)14(18)19)16-4-3-10(7-16)9(2)17/h5-6,9-10,17H,3-4,7,15H2,1-2H3,(H,18,19). The Morgan fingerprint density at radius 1 is 1.53 bits per heavy atom. The minimum absolute atomic E-state index is 0.149. The normalized spacial score (nSPS) is 20.6. The molecular weight excluding hydrogens is 244 g/mol. The zero-order valence-electron chi connectivity index (χ0n) is 11.3. The number of rotatable bonds is 3. The van der Waals surface area contributed by atoms with Gasteiger partial charge in [0.1, 0.15) is 0 Å². The Labute approximate surface area is 112 Å². The highest BCUT2D eigenvalue weighted by Gasteiger charge is 2.27. The Hall–Kier alpha value is -1.75. The molecule has 1 aromatic rings. The number of carbonyl (C=O) groups is 1. The predicted octanol–water partition coefficient (Wildman–Crippen LogP) is 1.48. The number of anilines is 2. The number of hydrogen-bond acceptors (Lipinski definition) is 4. The summed E-state index contributed by atoms with van der Waals surface area (Å²) in [6, 6.07) is 3.53. The van der Waals surface area contributed by atoms with Gasteiger partial charge in [-0.05, 0) is 38.0 Å². The van der Waals surface area contributed by atoms with E-state index < -0.39 is 5.97 Å². The van der Waals surface area contributed by atoms with Crippen LogP contribution in [0.5, 0.6) is 0 Å². The largest absolute Gasteiger partial charge is 0.478 e. The van der Waals surface area contributed by atoms with E-state index in [0.29, 0.717) is 5.69 Å². The molecule has 5 nitrogen and oxygen atoms in total. The van der Waals surface area contributed by atoms with Gasteiger partial charge in [0.25, 0.3) is 0 Å². The van der Waals surface area contributed by atoms with Gasteiger partial charge in [0.05, 0.1) is 11.7 Å². The van der Waals surface area contributed by atoms with Gasteiger partial charge in [0.15, 0.2) is 0 Å². The van der Waals surface area contributed by atoms with Crippen LogP contribution in [0.15, 0.2) is 12.1 Å². The van der Waals surface area contributed by atoms with Crippen molar-refractivity contribution in [1.29, 1.82) is 0 Å². The SMILES string of the molecule is Cc1cc(N2CCC(C(C)O)C2)cc(C(=O)O)c1N. The first-order chi connectivity index (χ1) is 8.90. The average Bonchev–Trinajstić information content (AvgIpc) is 2.81. The summed E-state index contributed by atoms with van der Waals surface area (Å²) in [7, 11) is 0. The van der Waals surface area contributed by atoms with Gasteiger partial charge in [-0.2, -0.15) is 0 Å². The lowest BCUT2D eigenvalue weighted by molar-refractivity contribution is 0.0698. The molecule has 1 aromatic carbocycles. The summed E-state index contributed by atoms with van der Waals surface area (Å²) in [5, 5.41) is 18.8. The van der Waals surface area contributed by atoms with Crippen molar-refractivity contribution in [1.82, 2.24) is 0 Å². The zero-order valence-corrected chi connectivity index (χ0v) is 11.3. The number of carboxylic acids is 1. The third-order valence-corrected chi connectivity index (χ3v) is 3.87. The molecule has 1 saturated heterocycles. The van der Waals surface area contributed by atoms with Crippen LogP contribution in [-0.2, 0) is 0 Å². The van der Waals surface area contributed by atoms with Gasteiger partial charge in [0, 0.05) is 30.4 Å². The molecule has 0 aliphatic carbocycles. The van der Waals surface area contributed by atoms with Crippen molar-refractivity contribution in [2.75, 3.05) is 23.7 Å². The van der Waals surface area contributed by atoms with Crippen LogP contribution < -0.4 is 10.6 Å². The molecule has 0 saturated carbocycles. The van der Waals surface area contributed by atoms with Gasteiger partial charge in [-0.15, -0.1) is 0 Å². The quantitative estimate of drug-likeness (QED) is 0.720. The molecule has 1 aliphatic rings. The summed E-state index contributed by atoms with van der Waals surface area (Å²) >= 11 is 0. The summed E-state index contributed by atoms with van der Waals surface area (Å²) in [6.07, 6.45) is 0.586. The van der Waals surface area contributed by atoms with Crippen LogP contribution >= 0.6 is 0 Å². The zero-order chi connectivity index (χ0) is 14.2. The molecule has 1 aliphatic heterocycles. The lowest BCUT2D eigenvalue weighted by atomic mass is 10.0. The lowest BCUT2D eigenvalue weighted by Gasteiger charge is -2.21. The third kappa shape index (κ3) is 2.66. The maximum Gasteiger partial charge on any atom is 0.337 e.